The zero-order valence-corrected chi connectivity index (χ0v) is 15.2. The molecule has 0 radical (unpaired) electrons. The molecule has 0 bridgehead atoms. The largest absolute Gasteiger partial charge is 0.489 e. The molecule has 5 heteroatoms. The molecule has 4 nitrogen and oxygen atoms in total. The van der Waals surface area contributed by atoms with Crippen LogP contribution in [0.4, 0.5) is 0 Å². The lowest BCUT2D eigenvalue weighted by Crippen LogP contribution is -2.10. The lowest BCUT2D eigenvalue weighted by Gasteiger charge is -2.13. The van der Waals surface area contributed by atoms with Crippen LogP contribution in [-0.2, 0) is 4.79 Å². The summed E-state index contributed by atoms with van der Waals surface area (Å²) in [7, 11) is 0. The zero-order valence-electron chi connectivity index (χ0n) is 13.6. The van der Waals surface area contributed by atoms with Gasteiger partial charge >= 0.3 is 5.97 Å². The maximum atomic E-state index is 10.7. The van der Waals surface area contributed by atoms with Gasteiger partial charge in [-0.05, 0) is 49.2 Å². The average Bonchev–Trinajstić information content (AvgIpc) is 2.53. The highest BCUT2D eigenvalue weighted by Crippen LogP contribution is 2.25. The van der Waals surface area contributed by atoms with E-state index in [1.807, 2.05) is 38.1 Å². The van der Waals surface area contributed by atoms with Gasteiger partial charge in [-0.2, -0.15) is 0 Å². The summed E-state index contributed by atoms with van der Waals surface area (Å²) in [6.45, 7) is 4.78. The van der Waals surface area contributed by atoms with E-state index in [1.165, 1.54) is 6.08 Å². The Bertz CT molecular complexity index is 733. The SMILES string of the molecule is Cc1cccc(C)c1OCCOc1ccc(Br)cc1C=CC(=O)O. The molecule has 24 heavy (non-hydrogen) atoms. The second-order valence-corrected chi connectivity index (χ2v) is 6.19. The number of carboxylic acids is 1. The lowest BCUT2D eigenvalue weighted by molar-refractivity contribution is -0.131. The molecule has 0 unspecified atom stereocenters. The number of para-hydroxylation sites is 1. The van der Waals surface area contributed by atoms with Gasteiger partial charge < -0.3 is 14.6 Å². The summed E-state index contributed by atoms with van der Waals surface area (Å²) >= 11 is 3.37. The zero-order chi connectivity index (χ0) is 17.5. The Morgan fingerprint density at radius 1 is 1.12 bits per heavy atom. The molecular weight excluding hydrogens is 372 g/mol. The van der Waals surface area contributed by atoms with Crippen molar-refractivity contribution in [1.82, 2.24) is 0 Å². The van der Waals surface area contributed by atoms with Crippen molar-refractivity contribution in [2.45, 2.75) is 13.8 Å². The first-order valence-corrected chi connectivity index (χ1v) is 8.29. The molecule has 0 amide bonds. The molecular formula is C19H19BrO4. The number of aliphatic carboxylic acids is 1. The third-order valence-corrected chi connectivity index (χ3v) is 3.87. The number of hydrogen-bond acceptors (Lipinski definition) is 3. The summed E-state index contributed by atoms with van der Waals surface area (Å²) in [5, 5.41) is 8.77. The number of benzene rings is 2. The van der Waals surface area contributed by atoms with Gasteiger partial charge in [0.05, 0.1) is 0 Å². The van der Waals surface area contributed by atoms with E-state index in [0.717, 1.165) is 27.4 Å². The van der Waals surface area contributed by atoms with Crippen molar-refractivity contribution < 1.29 is 19.4 Å². The summed E-state index contributed by atoms with van der Waals surface area (Å²) < 4.78 is 12.4. The topological polar surface area (TPSA) is 55.8 Å². The van der Waals surface area contributed by atoms with Gasteiger partial charge in [0.2, 0.25) is 0 Å². The highest BCUT2D eigenvalue weighted by Gasteiger charge is 2.05. The van der Waals surface area contributed by atoms with Crippen molar-refractivity contribution in [2.24, 2.45) is 0 Å². The molecule has 0 heterocycles. The van der Waals surface area contributed by atoms with E-state index in [0.29, 0.717) is 24.5 Å². The summed E-state index contributed by atoms with van der Waals surface area (Å²) in [5.74, 6) is 0.489. The Kier molecular flexibility index (Phi) is 6.44. The van der Waals surface area contributed by atoms with E-state index >= 15 is 0 Å². The van der Waals surface area contributed by atoms with Crippen LogP contribution in [0.5, 0.6) is 11.5 Å². The highest BCUT2D eigenvalue weighted by atomic mass is 79.9. The molecule has 0 saturated carbocycles. The molecule has 2 rings (SSSR count). The van der Waals surface area contributed by atoms with E-state index in [4.69, 9.17) is 14.6 Å². The smallest absolute Gasteiger partial charge is 0.328 e. The fraction of sp³-hybridized carbons (Fsp3) is 0.211. The maximum Gasteiger partial charge on any atom is 0.328 e. The Morgan fingerprint density at radius 3 is 2.46 bits per heavy atom. The summed E-state index contributed by atoms with van der Waals surface area (Å²) in [4.78, 5) is 10.7. The highest BCUT2D eigenvalue weighted by molar-refractivity contribution is 9.10. The lowest BCUT2D eigenvalue weighted by atomic mass is 10.1. The minimum atomic E-state index is -1.00. The number of halogens is 1. The van der Waals surface area contributed by atoms with Crippen molar-refractivity contribution in [3.05, 3.63) is 63.6 Å². The van der Waals surface area contributed by atoms with Crippen molar-refractivity contribution in [3.63, 3.8) is 0 Å². The maximum absolute atomic E-state index is 10.7. The van der Waals surface area contributed by atoms with Gasteiger partial charge in [-0.3, -0.25) is 0 Å². The Balaban J connectivity index is 1.98. The second kappa shape index (κ2) is 8.55. The van der Waals surface area contributed by atoms with Crippen molar-refractivity contribution in [1.29, 1.82) is 0 Å². The minimum absolute atomic E-state index is 0.364. The van der Waals surface area contributed by atoms with Gasteiger partial charge in [0, 0.05) is 16.1 Å². The normalized spacial score (nSPS) is 10.8. The van der Waals surface area contributed by atoms with Gasteiger partial charge in [0.1, 0.15) is 24.7 Å². The third-order valence-electron chi connectivity index (χ3n) is 3.37. The fourth-order valence-electron chi connectivity index (χ4n) is 2.26. The summed E-state index contributed by atoms with van der Waals surface area (Å²) in [5.41, 5.74) is 2.87. The van der Waals surface area contributed by atoms with Gasteiger partial charge in [-0.15, -0.1) is 0 Å². The van der Waals surface area contributed by atoms with Gasteiger partial charge in [-0.25, -0.2) is 4.79 Å². The second-order valence-electron chi connectivity index (χ2n) is 5.27. The van der Waals surface area contributed by atoms with Crippen LogP contribution in [0, 0.1) is 13.8 Å². The summed E-state index contributed by atoms with van der Waals surface area (Å²) in [6, 6.07) is 11.5. The van der Waals surface area contributed by atoms with E-state index < -0.39 is 5.97 Å². The molecule has 2 aromatic carbocycles. The van der Waals surface area contributed by atoms with Crippen LogP contribution in [0.3, 0.4) is 0 Å². The number of hydrogen-bond donors (Lipinski definition) is 1. The number of aryl methyl sites for hydroxylation is 2. The van der Waals surface area contributed by atoms with E-state index in [2.05, 4.69) is 15.9 Å². The monoisotopic (exact) mass is 390 g/mol. The van der Waals surface area contributed by atoms with Crippen LogP contribution in [0.25, 0.3) is 6.08 Å². The molecule has 2 aromatic rings. The molecule has 0 aromatic heterocycles. The van der Waals surface area contributed by atoms with Gasteiger partial charge in [0.15, 0.2) is 0 Å². The summed E-state index contributed by atoms with van der Waals surface area (Å²) in [6.07, 6.45) is 2.59. The average molecular weight is 391 g/mol. The third kappa shape index (κ3) is 5.13. The molecule has 0 fully saturated rings. The van der Waals surface area contributed by atoms with Crippen LogP contribution in [0.1, 0.15) is 16.7 Å². The van der Waals surface area contributed by atoms with Crippen molar-refractivity contribution in [3.8, 4) is 11.5 Å². The predicted molar refractivity (Wildman–Crippen MR) is 97.7 cm³/mol. The standard InChI is InChI=1S/C19H19BrO4/c1-13-4-3-5-14(2)19(13)24-11-10-23-17-8-7-16(20)12-15(17)6-9-18(21)22/h3-9,12H,10-11H2,1-2H3,(H,21,22). The van der Waals surface area contributed by atoms with Crippen LogP contribution >= 0.6 is 15.9 Å². The number of carboxylic acid groups (broad SMARTS) is 1. The first-order chi connectivity index (χ1) is 11.5. The van der Waals surface area contributed by atoms with Gasteiger partial charge in [0.25, 0.3) is 0 Å². The molecule has 0 spiro atoms. The first-order valence-electron chi connectivity index (χ1n) is 7.50. The van der Waals surface area contributed by atoms with E-state index in [1.54, 1.807) is 12.1 Å². The van der Waals surface area contributed by atoms with Crippen molar-refractivity contribution in [2.75, 3.05) is 13.2 Å². The molecule has 0 saturated heterocycles. The molecule has 0 aliphatic carbocycles. The van der Waals surface area contributed by atoms with E-state index in [-0.39, 0.29) is 0 Å². The first kappa shape index (κ1) is 18.1. The van der Waals surface area contributed by atoms with Crippen LogP contribution in [-0.4, -0.2) is 24.3 Å². The number of carbonyl (C=O) groups is 1. The number of rotatable bonds is 7. The molecule has 0 aliphatic rings. The Hall–Kier alpha value is -2.27. The molecule has 0 aliphatic heterocycles. The van der Waals surface area contributed by atoms with Crippen LogP contribution < -0.4 is 9.47 Å². The molecule has 1 N–H and O–H groups in total. The van der Waals surface area contributed by atoms with E-state index in [9.17, 15) is 4.79 Å². The van der Waals surface area contributed by atoms with Crippen LogP contribution in [0.15, 0.2) is 46.9 Å². The Morgan fingerprint density at radius 2 is 1.79 bits per heavy atom. The predicted octanol–water partition coefficient (Wildman–Crippen LogP) is 4.62. The fourth-order valence-corrected chi connectivity index (χ4v) is 2.64. The minimum Gasteiger partial charge on any atom is -0.489 e. The number of ether oxygens (including phenoxy) is 2. The molecule has 126 valence electrons. The molecule has 0 atom stereocenters. The van der Waals surface area contributed by atoms with Crippen LogP contribution in [0.2, 0.25) is 0 Å². The quantitative estimate of drug-likeness (QED) is 0.553. The van der Waals surface area contributed by atoms with Crippen molar-refractivity contribution >= 4 is 28.0 Å². The van der Waals surface area contributed by atoms with Gasteiger partial charge in [-0.1, -0.05) is 34.1 Å². The Labute approximate surface area is 149 Å².